The highest BCUT2D eigenvalue weighted by molar-refractivity contribution is 5.33. The first kappa shape index (κ1) is 17.8. The molecule has 1 fully saturated rings. The molecule has 136 valence electrons. The van der Waals surface area contributed by atoms with Crippen molar-refractivity contribution >= 4 is 0 Å². The van der Waals surface area contributed by atoms with E-state index in [9.17, 15) is 18.3 Å². The molecule has 0 unspecified atom stereocenters. The third-order valence-corrected chi connectivity index (χ3v) is 4.13. The van der Waals surface area contributed by atoms with Crippen LogP contribution in [0.5, 0.6) is 0 Å². The maximum Gasteiger partial charge on any atom is 0.416 e. The van der Waals surface area contributed by atoms with Crippen LogP contribution in [0.3, 0.4) is 0 Å². The molecule has 0 bridgehead atoms. The topological polar surface area (TPSA) is 71.6 Å². The van der Waals surface area contributed by atoms with Gasteiger partial charge in [-0.05, 0) is 18.1 Å². The molecule has 0 saturated carbocycles. The van der Waals surface area contributed by atoms with Crippen molar-refractivity contribution < 1.29 is 27.5 Å². The Kier molecular flexibility index (Phi) is 5.07. The molecule has 1 aromatic heterocycles. The van der Waals surface area contributed by atoms with E-state index >= 15 is 0 Å². The standard InChI is InChI=1S/C16H18F3N3O3/c1-24-9-15-20-14(21-25-15)8-22-7-10(23)6-13(22)11-4-2-3-5-12(11)16(17,18)19/h2-5,10,13,23H,6-9H2,1H3/t10-,13+/m1/s1. The van der Waals surface area contributed by atoms with Crippen molar-refractivity contribution in [2.45, 2.75) is 37.9 Å². The van der Waals surface area contributed by atoms with Crippen molar-refractivity contribution in [2.24, 2.45) is 0 Å². The van der Waals surface area contributed by atoms with Crippen molar-refractivity contribution in [3.8, 4) is 0 Å². The largest absolute Gasteiger partial charge is 0.416 e. The Morgan fingerprint density at radius 2 is 2.12 bits per heavy atom. The molecular formula is C16H18F3N3O3. The molecule has 1 aromatic carbocycles. The van der Waals surface area contributed by atoms with Gasteiger partial charge in [0.2, 0.25) is 0 Å². The summed E-state index contributed by atoms with van der Waals surface area (Å²) in [7, 11) is 1.49. The minimum absolute atomic E-state index is 0.146. The van der Waals surface area contributed by atoms with E-state index in [1.54, 1.807) is 11.0 Å². The molecule has 2 aromatic rings. The predicted octanol–water partition coefficient (Wildman–Crippen LogP) is 2.54. The predicted molar refractivity (Wildman–Crippen MR) is 80.2 cm³/mol. The molecular weight excluding hydrogens is 339 g/mol. The first-order valence-electron chi connectivity index (χ1n) is 7.77. The Labute approximate surface area is 142 Å². The summed E-state index contributed by atoms with van der Waals surface area (Å²) in [6, 6.07) is 4.86. The molecule has 1 saturated heterocycles. The van der Waals surface area contributed by atoms with E-state index in [1.165, 1.54) is 19.2 Å². The van der Waals surface area contributed by atoms with Gasteiger partial charge >= 0.3 is 6.18 Å². The quantitative estimate of drug-likeness (QED) is 0.887. The summed E-state index contributed by atoms with van der Waals surface area (Å²) in [5.74, 6) is 0.639. The van der Waals surface area contributed by atoms with Gasteiger partial charge in [0.1, 0.15) is 6.61 Å². The van der Waals surface area contributed by atoms with E-state index in [1.807, 2.05) is 0 Å². The normalized spacial score (nSPS) is 21.8. The number of ether oxygens (including phenoxy) is 1. The van der Waals surface area contributed by atoms with Crippen LogP contribution < -0.4 is 0 Å². The number of likely N-dealkylation sites (tertiary alicyclic amines) is 1. The fourth-order valence-electron chi connectivity index (χ4n) is 3.14. The number of rotatable bonds is 5. The van der Waals surface area contributed by atoms with Crippen LogP contribution in [0.4, 0.5) is 13.2 Å². The number of halogens is 3. The van der Waals surface area contributed by atoms with Gasteiger partial charge in [0.05, 0.1) is 18.2 Å². The lowest BCUT2D eigenvalue weighted by Gasteiger charge is -2.25. The van der Waals surface area contributed by atoms with Crippen LogP contribution in [0.15, 0.2) is 28.8 Å². The zero-order valence-corrected chi connectivity index (χ0v) is 13.5. The molecule has 2 atom stereocenters. The number of β-amino-alcohol motifs (C(OH)–C–C–N with tert-alkyl or cyclic N) is 1. The average Bonchev–Trinajstić information content (AvgIpc) is 3.14. The van der Waals surface area contributed by atoms with Gasteiger partial charge < -0.3 is 14.4 Å². The maximum absolute atomic E-state index is 13.3. The number of benzene rings is 1. The summed E-state index contributed by atoms with van der Waals surface area (Å²) >= 11 is 0. The van der Waals surface area contributed by atoms with Crippen molar-refractivity contribution in [3.63, 3.8) is 0 Å². The van der Waals surface area contributed by atoms with Gasteiger partial charge in [-0.2, -0.15) is 18.2 Å². The van der Waals surface area contributed by atoms with Gasteiger partial charge in [-0.1, -0.05) is 23.4 Å². The summed E-state index contributed by atoms with van der Waals surface area (Å²) in [6.45, 7) is 0.585. The van der Waals surface area contributed by atoms with Gasteiger partial charge in [0, 0.05) is 19.7 Å². The molecule has 0 radical (unpaired) electrons. The first-order chi connectivity index (χ1) is 11.9. The van der Waals surface area contributed by atoms with Crippen LogP contribution in [-0.4, -0.2) is 39.9 Å². The number of alkyl halides is 3. The number of nitrogens with zero attached hydrogens (tertiary/aromatic N) is 3. The Morgan fingerprint density at radius 1 is 1.36 bits per heavy atom. The highest BCUT2D eigenvalue weighted by atomic mass is 19.4. The second-order valence-corrected chi connectivity index (χ2v) is 5.96. The molecule has 25 heavy (non-hydrogen) atoms. The number of hydrogen-bond acceptors (Lipinski definition) is 6. The Balaban J connectivity index is 1.85. The Hall–Kier alpha value is -1.97. The minimum atomic E-state index is -4.45. The zero-order chi connectivity index (χ0) is 18.0. The van der Waals surface area contributed by atoms with Gasteiger partial charge in [-0.3, -0.25) is 4.90 Å². The monoisotopic (exact) mass is 357 g/mol. The summed E-state index contributed by atoms with van der Waals surface area (Å²) < 4.78 is 49.8. The van der Waals surface area contributed by atoms with Crippen molar-refractivity contribution in [3.05, 3.63) is 47.1 Å². The molecule has 1 N–H and O–H groups in total. The third kappa shape index (κ3) is 4.00. The highest BCUT2D eigenvalue weighted by Gasteiger charge is 2.40. The molecule has 0 aliphatic carbocycles. The summed E-state index contributed by atoms with van der Waals surface area (Å²) in [6.07, 6.45) is -4.94. The van der Waals surface area contributed by atoms with E-state index in [0.29, 0.717) is 11.7 Å². The van der Waals surface area contributed by atoms with Crippen LogP contribution in [-0.2, 0) is 24.1 Å². The van der Waals surface area contributed by atoms with Crippen molar-refractivity contribution in [1.29, 1.82) is 0 Å². The van der Waals surface area contributed by atoms with E-state index in [-0.39, 0.29) is 31.7 Å². The van der Waals surface area contributed by atoms with E-state index in [2.05, 4.69) is 10.1 Å². The summed E-state index contributed by atoms with van der Waals surface area (Å²) in [4.78, 5) is 5.87. The van der Waals surface area contributed by atoms with Crippen LogP contribution in [0.2, 0.25) is 0 Å². The molecule has 1 aliphatic heterocycles. The Morgan fingerprint density at radius 3 is 2.84 bits per heavy atom. The van der Waals surface area contributed by atoms with Crippen LogP contribution >= 0.6 is 0 Å². The second-order valence-electron chi connectivity index (χ2n) is 5.96. The number of aliphatic hydroxyl groups excluding tert-OH is 1. The van der Waals surface area contributed by atoms with E-state index in [0.717, 1.165) is 6.07 Å². The zero-order valence-electron chi connectivity index (χ0n) is 13.5. The van der Waals surface area contributed by atoms with Crippen molar-refractivity contribution in [2.75, 3.05) is 13.7 Å². The molecule has 6 nitrogen and oxygen atoms in total. The smallest absolute Gasteiger partial charge is 0.392 e. The van der Waals surface area contributed by atoms with E-state index in [4.69, 9.17) is 9.26 Å². The van der Waals surface area contributed by atoms with Gasteiger partial charge in [0.15, 0.2) is 5.82 Å². The van der Waals surface area contributed by atoms with Gasteiger partial charge in [0.25, 0.3) is 5.89 Å². The summed E-state index contributed by atoms with van der Waals surface area (Å²) in [5, 5.41) is 13.8. The van der Waals surface area contributed by atoms with E-state index < -0.39 is 23.9 Å². The van der Waals surface area contributed by atoms with Crippen LogP contribution in [0.1, 0.15) is 35.3 Å². The maximum atomic E-state index is 13.3. The number of aliphatic hydroxyl groups is 1. The average molecular weight is 357 g/mol. The third-order valence-electron chi connectivity index (χ3n) is 4.13. The molecule has 2 heterocycles. The number of hydrogen-bond donors (Lipinski definition) is 1. The lowest BCUT2D eigenvalue weighted by Crippen LogP contribution is -2.26. The van der Waals surface area contributed by atoms with Gasteiger partial charge in [-0.25, -0.2) is 0 Å². The van der Waals surface area contributed by atoms with Crippen LogP contribution in [0.25, 0.3) is 0 Å². The number of methoxy groups -OCH3 is 1. The first-order valence-corrected chi connectivity index (χ1v) is 7.77. The lowest BCUT2D eigenvalue weighted by atomic mass is 9.97. The molecule has 9 heteroatoms. The highest BCUT2D eigenvalue weighted by Crippen LogP contribution is 2.40. The fourth-order valence-corrected chi connectivity index (χ4v) is 3.14. The van der Waals surface area contributed by atoms with Crippen molar-refractivity contribution in [1.82, 2.24) is 15.0 Å². The lowest BCUT2D eigenvalue weighted by molar-refractivity contribution is -0.138. The minimum Gasteiger partial charge on any atom is -0.392 e. The second kappa shape index (κ2) is 7.11. The van der Waals surface area contributed by atoms with Crippen LogP contribution in [0, 0.1) is 0 Å². The molecule has 3 rings (SSSR count). The SMILES string of the molecule is COCc1nc(CN2C[C@H](O)C[C@H]2c2ccccc2C(F)(F)F)no1. The Bertz CT molecular complexity index is 720. The van der Waals surface area contributed by atoms with Gasteiger partial charge in [-0.15, -0.1) is 0 Å². The summed E-state index contributed by atoms with van der Waals surface area (Å²) in [5.41, 5.74) is -0.542. The molecule has 1 aliphatic rings. The molecule has 0 spiro atoms. The molecule has 0 amide bonds. The fraction of sp³-hybridized carbons (Fsp3) is 0.500. The number of aromatic nitrogens is 2.